The molecule has 0 spiro atoms. The molecule has 0 bridgehead atoms. The van der Waals surface area contributed by atoms with Crippen molar-refractivity contribution < 1.29 is 23.5 Å². The molecule has 0 aromatic heterocycles. The van der Waals surface area contributed by atoms with Gasteiger partial charge in [-0.15, -0.1) is 0 Å². The second-order valence-corrected chi connectivity index (χ2v) is 5.94. The van der Waals surface area contributed by atoms with Gasteiger partial charge in [0.2, 0.25) is 11.8 Å². The first kappa shape index (κ1) is 17.6. The van der Waals surface area contributed by atoms with Gasteiger partial charge in [0.05, 0.1) is 18.6 Å². The summed E-state index contributed by atoms with van der Waals surface area (Å²) in [6, 6.07) is 12.0. The summed E-state index contributed by atoms with van der Waals surface area (Å²) >= 11 is 0. The van der Waals surface area contributed by atoms with E-state index < -0.39 is 17.7 Å². The summed E-state index contributed by atoms with van der Waals surface area (Å²) in [5.41, 5.74) is 1.32. The number of halogens is 1. The Morgan fingerprint density at radius 1 is 1.19 bits per heavy atom. The van der Waals surface area contributed by atoms with Crippen LogP contribution in [0, 0.1) is 11.7 Å². The number of amides is 2. The number of hydrogen-bond acceptors (Lipinski definition) is 4. The fraction of sp³-hybridized carbons (Fsp3) is 0.211. The van der Waals surface area contributed by atoms with Crippen LogP contribution in [0.1, 0.15) is 16.8 Å². The lowest BCUT2D eigenvalue weighted by molar-refractivity contribution is -0.122. The number of methoxy groups -OCH3 is 1. The molecular weight excluding hydrogens is 339 g/mol. The summed E-state index contributed by atoms with van der Waals surface area (Å²) in [5, 5.41) is 2.73. The largest absolute Gasteiger partial charge is 0.465 e. The van der Waals surface area contributed by atoms with Crippen LogP contribution >= 0.6 is 0 Å². The van der Waals surface area contributed by atoms with E-state index in [1.807, 2.05) is 0 Å². The zero-order valence-corrected chi connectivity index (χ0v) is 14.1. The number of nitrogens with one attached hydrogen (secondary N) is 1. The average Bonchev–Trinajstić information content (AvgIpc) is 3.03. The van der Waals surface area contributed by atoms with Crippen LogP contribution in [0.25, 0.3) is 0 Å². The standard InChI is InChI=1S/C19H17FN2O4/c1-26-19(25)12-5-7-15(8-6-12)21-18(24)13-9-17(23)22(11-13)16-4-2-3-14(20)10-16/h2-8,10,13H,9,11H2,1H3,(H,21,24). The highest BCUT2D eigenvalue weighted by molar-refractivity contribution is 6.03. The first-order valence-corrected chi connectivity index (χ1v) is 8.03. The molecule has 1 heterocycles. The van der Waals surface area contributed by atoms with Crippen molar-refractivity contribution in [2.24, 2.45) is 5.92 Å². The van der Waals surface area contributed by atoms with Gasteiger partial charge < -0.3 is 15.0 Å². The van der Waals surface area contributed by atoms with E-state index in [1.54, 1.807) is 30.3 Å². The quantitative estimate of drug-likeness (QED) is 0.855. The van der Waals surface area contributed by atoms with Crippen molar-refractivity contribution in [2.75, 3.05) is 23.9 Å². The normalized spacial score (nSPS) is 16.5. The number of ether oxygens (including phenoxy) is 1. The van der Waals surface area contributed by atoms with Crippen LogP contribution < -0.4 is 10.2 Å². The summed E-state index contributed by atoms with van der Waals surface area (Å²) in [6.45, 7) is 0.189. The van der Waals surface area contributed by atoms with Crippen LogP contribution in [0.15, 0.2) is 48.5 Å². The molecular formula is C19H17FN2O4. The lowest BCUT2D eigenvalue weighted by Gasteiger charge is -2.16. The van der Waals surface area contributed by atoms with Crippen molar-refractivity contribution in [3.05, 3.63) is 59.9 Å². The van der Waals surface area contributed by atoms with E-state index in [2.05, 4.69) is 10.1 Å². The smallest absolute Gasteiger partial charge is 0.337 e. The number of carbonyl (C=O) groups is 3. The third kappa shape index (κ3) is 3.72. The van der Waals surface area contributed by atoms with Gasteiger partial charge in [-0.25, -0.2) is 9.18 Å². The number of esters is 1. The number of nitrogens with zero attached hydrogens (tertiary/aromatic N) is 1. The molecule has 1 fully saturated rings. The summed E-state index contributed by atoms with van der Waals surface area (Å²) in [4.78, 5) is 37.4. The molecule has 1 atom stereocenters. The van der Waals surface area contributed by atoms with E-state index in [0.717, 1.165) is 0 Å². The molecule has 1 unspecified atom stereocenters. The van der Waals surface area contributed by atoms with Crippen molar-refractivity contribution >= 4 is 29.2 Å². The Hall–Kier alpha value is -3.22. The maximum Gasteiger partial charge on any atom is 0.337 e. The highest BCUT2D eigenvalue weighted by Crippen LogP contribution is 2.26. The van der Waals surface area contributed by atoms with Crippen LogP contribution in [0.3, 0.4) is 0 Å². The fourth-order valence-electron chi connectivity index (χ4n) is 2.83. The minimum absolute atomic E-state index is 0.0581. The molecule has 3 rings (SSSR count). The average molecular weight is 356 g/mol. The van der Waals surface area contributed by atoms with Crippen molar-refractivity contribution in [3.8, 4) is 0 Å². The third-order valence-electron chi connectivity index (χ3n) is 4.19. The topological polar surface area (TPSA) is 75.7 Å². The molecule has 1 N–H and O–H groups in total. The van der Waals surface area contributed by atoms with E-state index in [1.165, 1.54) is 30.2 Å². The second-order valence-electron chi connectivity index (χ2n) is 5.94. The third-order valence-corrected chi connectivity index (χ3v) is 4.19. The Bertz CT molecular complexity index is 851. The number of benzene rings is 2. The van der Waals surface area contributed by atoms with Gasteiger partial charge in [0.25, 0.3) is 0 Å². The van der Waals surface area contributed by atoms with Crippen LogP contribution in [0.2, 0.25) is 0 Å². The van der Waals surface area contributed by atoms with Crippen LogP contribution in [0.5, 0.6) is 0 Å². The highest BCUT2D eigenvalue weighted by Gasteiger charge is 2.35. The zero-order chi connectivity index (χ0) is 18.7. The van der Waals surface area contributed by atoms with E-state index in [0.29, 0.717) is 16.9 Å². The second kappa shape index (κ2) is 7.35. The molecule has 134 valence electrons. The van der Waals surface area contributed by atoms with Gasteiger partial charge in [0, 0.05) is 24.3 Å². The molecule has 2 aromatic rings. The molecule has 6 nitrogen and oxygen atoms in total. The minimum atomic E-state index is -0.536. The fourth-order valence-corrected chi connectivity index (χ4v) is 2.83. The molecule has 1 aliphatic rings. The van der Waals surface area contributed by atoms with Gasteiger partial charge in [-0.3, -0.25) is 9.59 Å². The lowest BCUT2D eigenvalue weighted by Crippen LogP contribution is -2.28. The van der Waals surface area contributed by atoms with Gasteiger partial charge in [-0.1, -0.05) is 6.07 Å². The van der Waals surface area contributed by atoms with Crippen molar-refractivity contribution in [3.63, 3.8) is 0 Å². The van der Waals surface area contributed by atoms with Gasteiger partial charge in [-0.05, 0) is 42.5 Å². The van der Waals surface area contributed by atoms with Crippen LogP contribution in [-0.2, 0) is 14.3 Å². The zero-order valence-electron chi connectivity index (χ0n) is 14.1. The van der Waals surface area contributed by atoms with E-state index in [4.69, 9.17) is 0 Å². The van der Waals surface area contributed by atoms with Crippen molar-refractivity contribution in [1.82, 2.24) is 0 Å². The van der Waals surface area contributed by atoms with Gasteiger partial charge in [-0.2, -0.15) is 0 Å². The van der Waals surface area contributed by atoms with Crippen LogP contribution in [0.4, 0.5) is 15.8 Å². The lowest BCUT2D eigenvalue weighted by atomic mass is 10.1. The predicted molar refractivity (Wildman–Crippen MR) is 93.3 cm³/mol. The maximum atomic E-state index is 13.4. The molecule has 0 saturated carbocycles. The van der Waals surface area contributed by atoms with Gasteiger partial charge >= 0.3 is 5.97 Å². The molecule has 2 aromatic carbocycles. The monoisotopic (exact) mass is 356 g/mol. The first-order valence-electron chi connectivity index (χ1n) is 8.03. The molecule has 0 aliphatic carbocycles. The Kier molecular flexibility index (Phi) is 4.97. The molecule has 7 heteroatoms. The molecule has 2 amide bonds. The molecule has 1 aliphatic heterocycles. The molecule has 1 saturated heterocycles. The minimum Gasteiger partial charge on any atom is -0.465 e. The highest BCUT2D eigenvalue weighted by atomic mass is 19.1. The number of anilines is 2. The predicted octanol–water partition coefficient (Wildman–Crippen LogP) is 2.60. The van der Waals surface area contributed by atoms with E-state index in [9.17, 15) is 18.8 Å². The SMILES string of the molecule is COC(=O)c1ccc(NC(=O)C2CC(=O)N(c3cccc(F)c3)C2)cc1. The van der Waals surface area contributed by atoms with Crippen molar-refractivity contribution in [1.29, 1.82) is 0 Å². The van der Waals surface area contributed by atoms with Gasteiger partial charge in [0.15, 0.2) is 0 Å². The van der Waals surface area contributed by atoms with E-state index >= 15 is 0 Å². The summed E-state index contributed by atoms with van der Waals surface area (Å²) < 4.78 is 18.0. The molecule has 26 heavy (non-hydrogen) atoms. The Morgan fingerprint density at radius 3 is 2.58 bits per heavy atom. The molecule has 0 radical (unpaired) electrons. The summed E-state index contributed by atoms with van der Waals surface area (Å²) in [5.74, 6) is -1.96. The summed E-state index contributed by atoms with van der Waals surface area (Å²) in [7, 11) is 1.29. The summed E-state index contributed by atoms with van der Waals surface area (Å²) in [6.07, 6.45) is 0.0581. The van der Waals surface area contributed by atoms with E-state index in [-0.39, 0.29) is 24.8 Å². The maximum absolute atomic E-state index is 13.4. The van der Waals surface area contributed by atoms with Gasteiger partial charge in [0.1, 0.15) is 5.82 Å². The van der Waals surface area contributed by atoms with Crippen LogP contribution in [-0.4, -0.2) is 31.4 Å². The number of carbonyl (C=O) groups excluding carboxylic acids is 3. The first-order chi connectivity index (χ1) is 12.5. The number of rotatable bonds is 4. The Labute approximate surface area is 149 Å². The number of hydrogen-bond donors (Lipinski definition) is 1. The van der Waals surface area contributed by atoms with Crippen molar-refractivity contribution in [2.45, 2.75) is 6.42 Å². The Balaban J connectivity index is 1.65. The Morgan fingerprint density at radius 2 is 1.92 bits per heavy atom.